The number of rotatable bonds is 2. The third kappa shape index (κ3) is 3.83. The first kappa shape index (κ1) is 22.5. The smallest absolute Gasteiger partial charge is 0.270 e. The van der Waals surface area contributed by atoms with Crippen molar-refractivity contribution in [2.24, 2.45) is 18.2 Å². The van der Waals surface area contributed by atoms with Crippen LogP contribution in [-0.4, -0.2) is 27.6 Å². The van der Waals surface area contributed by atoms with Crippen LogP contribution in [0.25, 0.3) is 0 Å². The summed E-state index contributed by atoms with van der Waals surface area (Å²) < 4.78 is 1.59. The molecule has 1 spiro atoms. The Labute approximate surface area is 203 Å². The number of halogens is 1. The summed E-state index contributed by atoms with van der Waals surface area (Å²) in [7, 11) is 1.75. The van der Waals surface area contributed by atoms with E-state index in [4.69, 9.17) is 23.1 Å². The minimum Gasteiger partial charge on any atom is -0.382 e. The molecule has 1 aromatic carbocycles. The molecular formula is C26H27ClN6O. The summed E-state index contributed by atoms with van der Waals surface area (Å²) in [5.74, 6) is 6.87. The number of aromatic nitrogens is 3. The van der Waals surface area contributed by atoms with Crippen molar-refractivity contribution in [2.45, 2.75) is 31.7 Å². The predicted molar refractivity (Wildman–Crippen MR) is 135 cm³/mol. The summed E-state index contributed by atoms with van der Waals surface area (Å²) >= 11 is 6.17. The average molecular weight is 475 g/mol. The Morgan fingerprint density at radius 2 is 1.97 bits per heavy atom. The number of hydrogen-bond acceptors (Lipinski definition) is 6. The standard InChI is InChI=1S/C26H27ClN6O/c1-32-24(34)19(7-4-6-17-9-12-30-23(29)21(17)27)16-31-25(32)33-13-10-26(11-14-33)15-18-5-2-3-8-20(18)22(26)28/h2-3,5,8-9,12,16,22H,6,10-11,13-15,28H2,1H3,(H2,29,30)/t22-/m1/s1. The van der Waals surface area contributed by atoms with Crippen molar-refractivity contribution < 1.29 is 0 Å². The van der Waals surface area contributed by atoms with Crippen molar-refractivity contribution in [2.75, 3.05) is 23.7 Å². The van der Waals surface area contributed by atoms with Crippen LogP contribution in [-0.2, 0) is 19.9 Å². The maximum absolute atomic E-state index is 13.0. The molecule has 3 aromatic rings. The van der Waals surface area contributed by atoms with E-state index in [-0.39, 0.29) is 22.8 Å². The first-order valence-electron chi connectivity index (χ1n) is 11.4. The van der Waals surface area contributed by atoms with Gasteiger partial charge in [0.1, 0.15) is 11.4 Å². The molecule has 2 aliphatic rings. The maximum atomic E-state index is 13.0. The summed E-state index contributed by atoms with van der Waals surface area (Å²) in [6, 6.07) is 10.3. The minimum atomic E-state index is -0.164. The quantitative estimate of drug-likeness (QED) is 0.553. The zero-order valence-electron chi connectivity index (χ0n) is 19.1. The lowest BCUT2D eigenvalue weighted by atomic mass is 9.73. The summed E-state index contributed by atoms with van der Waals surface area (Å²) in [4.78, 5) is 23.7. The topological polar surface area (TPSA) is 103 Å². The van der Waals surface area contributed by atoms with E-state index in [0.717, 1.165) is 37.9 Å². The van der Waals surface area contributed by atoms with Crippen molar-refractivity contribution >= 4 is 23.4 Å². The van der Waals surface area contributed by atoms with Crippen molar-refractivity contribution in [3.05, 3.63) is 80.4 Å². The molecule has 0 bridgehead atoms. The molecule has 1 atom stereocenters. The Morgan fingerprint density at radius 3 is 2.74 bits per heavy atom. The second-order valence-corrected chi connectivity index (χ2v) is 9.56. The lowest BCUT2D eigenvalue weighted by molar-refractivity contribution is 0.186. The van der Waals surface area contributed by atoms with Crippen LogP contribution >= 0.6 is 11.6 Å². The predicted octanol–water partition coefficient (Wildman–Crippen LogP) is 2.85. The molecule has 1 aliphatic heterocycles. The van der Waals surface area contributed by atoms with Crippen molar-refractivity contribution in [1.82, 2.24) is 14.5 Å². The highest BCUT2D eigenvalue weighted by atomic mass is 35.5. The van der Waals surface area contributed by atoms with E-state index in [1.54, 1.807) is 30.1 Å². The van der Waals surface area contributed by atoms with Crippen molar-refractivity contribution in [1.29, 1.82) is 0 Å². The van der Waals surface area contributed by atoms with Gasteiger partial charge in [-0.1, -0.05) is 47.7 Å². The molecule has 0 saturated carbocycles. The minimum absolute atomic E-state index is 0.0597. The molecule has 4 N–H and O–H groups in total. The van der Waals surface area contributed by atoms with Crippen LogP contribution in [0.15, 0.2) is 47.5 Å². The van der Waals surface area contributed by atoms with Crippen LogP contribution in [0, 0.1) is 17.3 Å². The Kier molecular flexibility index (Phi) is 5.80. The molecule has 3 heterocycles. The first-order chi connectivity index (χ1) is 16.4. The van der Waals surface area contributed by atoms with Gasteiger partial charge in [0, 0.05) is 38.8 Å². The van der Waals surface area contributed by atoms with E-state index in [1.807, 2.05) is 0 Å². The lowest BCUT2D eigenvalue weighted by Gasteiger charge is -2.42. The van der Waals surface area contributed by atoms with Gasteiger partial charge in [-0.2, -0.15) is 0 Å². The van der Waals surface area contributed by atoms with E-state index < -0.39 is 0 Å². The fourth-order valence-corrected chi connectivity index (χ4v) is 5.42. The molecule has 1 saturated heterocycles. The van der Waals surface area contributed by atoms with Crippen LogP contribution in [0.2, 0.25) is 5.02 Å². The number of nitrogens with zero attached hydrogens (tertiary/aromatic N) is 4. The van der Waals surface area contributed by atoms with E-state index in [1.165, 1.54) is 11.1 Å². The van der Waals surface area contributed by atoms with Gasteiger partial charge in [0.25, 0.3) is 5.56 Å². The van der Waals surface area contributed by atoms with Crippen LogP contribution in [0.5, 0.6) is 0 Å². The number of hydrogen-bond donors (Lipinski definition) is 2. The lowest BCUT2D eigenvalue weighted by Crippen LogP contribution is -2.46. The second kappa shape index (κ2) is 8.79. The second-order valence-electron chi connectivity index (χ2n) is 9.19. The molecule has 0 radical (unpaired) electrons. The van der Waals surface area contributed by atoms with Gasteiger partial charge in [-0.25, -0.2) is 9.97 Å². The van der Waals surface area contributed by atoms with Gasteiger partial charge in [0.2, 0.25) is 5.95 Å². The average Bonchev–Trinajstić information content (AvgIpc) is 3.11. The number of nitrogens with two attached hydrogens (primary N) is 2. The van der Waals surface area contributed by atoms with Crippen LogP contribution in [0.3, 0.4) is 0 Å². The highest BCUT2D eigenvalue weighted by Crippen LogP contribution is 2.50. The molecule has 174 valence electrons. The maximum Gasteiger partial charge on any atom is 0.270 e. The molecule has 34 heavy (non-hydrogen) atoms. The molecule has 2 aromatic heterocycles. The Morgan fingerprint density at radius 1 is 1.21 bits per heavy atom. The van der Waals surface area contributed by atoms with E-state index in [2.05, 4.69) is 51.0 Å². The monoisotopic (exact) mass is 474 g/mol. The van der Waals surface area contributed by atoms with Gasteiger partial charge in [-0.05, 0) is 47.4 Å². The molecule has 1 aliphatic carbocycles. The molecule has 1 fully saturated rings. The van der Waals surface area contributed by atoms with Crippen LogP contribution in [0.1, 0.15) is 41.1 Å². The third-order valence-electron chi connectivity index (χ3n) is 7.28. The zero-order valence-corrected chi connectivity index (χ0v) is 19.8. The summed E-state index contributed by atoms with van der Waals surface area (Å²) in [5.41, 5.74) is 16.1. The fraction of sp³-hybridized carbons (Fsp3) is 0.346. The van der Waals surface area contributed by atoms with Gasteiger partial charge in [0.05, 0.1) is 11.2 Å². The SMILES string of the molecule is Cn1c(N2CCC3(CC2)Cc2ccccc2[C@H]3N)ncc(C#CCc2ccnc(N)c2Cl)c1=O. The number of piperidine rings is 1. The van der Waals surface area contributed by atoms with Crippen molar-refractivity contribution in [3.63, 3.8) is 0 Å². The number of nitrogen functional groups attached to an aromatic ring is 1. The molecule has 7 nitrogen and oxygen atoms in total. The highest BCUT2D eigenvalue weighted by Gasteiger charge is 2.46. The largest absolute Gasteiger partial charge is 0.382 e. The number of fused-ring (bicyclic) bond motifs is 1. The fourth-order valence-electron chi connectivity index (χ4n) is 5.25. The van der Waals surface area contributed by atoms with E-state index in [9.17, 15) is 4.79 Å². The van der Waals surface area contributed by atoms with Gasteiger partial charge < -0.3 is 16.4 Å². The summed E-state index contributed by atoms with van der Waals surface area (Å²) in [6.45, 7) is 1.63. The summed E-state index contributed by atoms with van der Waals surface area (Å²) in [5, 5.41) is 0.395. The Balaban J connectivity index is 1.30. The molecule has 0 unspecified atom stereocenters. The number of benzene rings is 1. The normalized spacial score (nSPS) is 18.4. The Bertz CT molecular complexity index is 1360. The van der Waals surface area contributed by atoms with E-state index >= 15 is 0 Å². The number of anilines is 2. The molecule has 5 rings (SSSR count). The summed E-state index contributed by atoms with van der Waals surface area (Å²) in [6.07, 6.45) is 6.48. The van der Waals surface area contributed by atoms with Crippen LogP contribution in [0.4, 0.5) is 11.8 Å². The zero-order chi connectivity index (χ0) is 23.9. The third-order valence-corrected chi connectivity index (χ3v) is 7.71. The first-order valence-corrected chi connectivity index (χ1v) is 11.8. The highest BCUT2D eigenvalue weighted by molar-refractivity contribution is 6.33. The molecule has 8 heteroatoms. The molecular weight excluding hydrogens is 448 g/mol. The van der Waals surface area contributed by atoms with Crippen molar-refractivity contribution in [3.8, 4) is 11.8 Å². The Hall–Kier alpha value is -3.34. The van der Waals surface area contributed by atoms with Gasteiger partial charge in [0.15, 0.2) is 0 Å². The van der Waals surface area contributed by atoms with Gasteiger partial charge in [-0.15, -0.1) is 0 Å². The van der Waals surface area contributed by atoms with Gasteiger partial charge in [-0.3, -0.25) is 9.36 Å². The van der Waals surface area contributed by atoms with Crippen LogP contribution < -0.4 is 21.9 Å². The van der Waals surface area contributed by atoms with E-state index in [0.29, 0.717) is 23.0 Å². The molecule has 0 amide bonds. The van der Waals surface area contributed by atoms with Gasteiger partial charge >= 0.3 is 0 Å². The number of pyridine rings is 1.